The monoisotopic (exact) mass is 406 g/mol. The summed E-state index contributed by atoms with van der Waals surface area (Å²) < 4.78 is 10.3. The summed E-state index contributed by atoms with van der Waals surface area (Å²) in [6, 6.07) is 15.1. The van der Waals surface area contributed by atoms with Crippen molar-refractivity contribution in [3.63, 3.8) is 0 Å². The lowest BCUT2D eigenvalue weighted by Gasteiger charge is -2.04. The topological polar surface area (TPSA) is 90.1 Å². The molecule has 0 radical (unpaired) electrons. The van der Waals surface area contributed by atoms with Crippen LogP contribution in [0.25, 0.3) is 22.6 Å². The predicted octanol–water partition coefficient (Wildman–Crippen LogP) is 4.11. The van der Waals surface area contributed by atoms with Gasteiger partial charge in [-0.3, -0.25) is 4.79 Å². The van der Waals surface area contributed by atoms with E-state index in [4.69, 9.17) is 9.26 Å². The molecule has 0 saturated heterocycles. The molecule has 2 aromatic carbocycles. The number of benzene rings is 2. The molecule has 0 aliphatic heterocycles. The van der Waals surface area contributed by atoms with Crippen LogP contribution in [0.2, 0.25) is 0 Å². The Morgan fingerprint density at radius 3 is 2.66 bits per heavy atom. The first kappa shape index (κ1) is 18.8. The van der Waals surface area contributed by atoms with Gasteiger partial charge < -0.3 is 14.6 Å². The lowest BCUT2D eigenvalue weighted by molar-refractivity contribution is 0.0907. The quantitative estimate of drug-likeness (QED) is 0.518. The van der Waals surface area contributed by atoms with E-state index in [2.05, 4.69) is 20.4 Å². The molecule has 0 fully saturated rings. The van der Waals surface area contributed by atoms with E-state index in [0.717, 1.165) is 33.1 Å². The van der Waals surface area contributed by atoms with Crippen molar-refractivity contribution in [2.45, 2.75) is 13.5 Å². The summed E-state index contributed by atoms with van der Waals surface area (Å²) in [7, 11) is 1.61. The fourth-order valence-electron chi connectivity index (χ4n) is 2.75. The van der Waals surface area contributed by atoms with Crippen LogP contribution in [0.4, 0.5) is 0 Å². The highest BCUT2D eigenvalue weighted by Crippen LogP contribution is 2.26. The second-order valence-corrected chi connectivity index (χ2v) is 7.35. The Labute approximate surface area is 171 Å². The molecule has 1 N–H and O–H groups in total. The molecule has 29 heavy (non-hydrogen) atoms. The van der Waals surface area contributed by atoms with E-state index in [-0.39, 0.29) is 5.89 Å². The minimum atomic E-state index is -0.425. The van der Waals surface area contributed by atoms with Crippen molar-refractivity contribution < 1.29 is 14.1 Å². The molecule has 0 aliphatic rings. The molecule has 146 valence electrons. The molecule has 0 unspecified atom stereocenters. The highest BCUT2D eigenvalue weighted by Gasteiger charge is 2.16. The average molecular weight is 406 g/mol. The van der Waals surface area contributed by atoms with Gasteiger partial charge in [0.1, 0.15) is 5.75 Å². The van der Waals surface area contributed by atoms with Crippen LogP contribution in [-0.2, 0) is 6.54 Å². The maximum absolute atomic E-state index is 12.3. The zero-order chi connectivity index (χ0) is 20.2. The number of hydrogen-bond acceptors (Lipinski definition) is 7. The van der Waals surface area contributed by atoms with Gasteiger partial charge in [-0.25, -0.2) is 4.98 Å². The first-order valence-electron chi connectivity index (χ1n) is 8.90. The van der Waals surface area contributed by atoms with Crippen molar-refractivity contribution in [1.82, 2.24) is 20.4 Å². The summed E-state index contributed by atoms with van der Waals surface area (Å²) in [6.45, 7) is 2.31. The van der Waals surface area contributed by atoms with Crippen LogP contribution in [0.3, 0.4) is 0 Å². The Morgan fingerprint density at radius 1 is 1.14 bits per heavy atom. The molecule has 1 amide bonds. The van der Waals surface area contributed by atoms with Gasteiger partial charge in [0.15, 0.2) is 0 Å². The van der Waals surface area contributed by atoms with Crippen LogP contribution in [0.1, 0.15) is 21.3 Å². The molecule has 0 bridgehead atoms. The fraction of sp³-hybridized carbons (Fsp3) is 0.143. The predicted molar refractivity (Wildman–Crippen MR) is 110 cm³/mol. The number of hydrogen-bond donors (Lipinski definition) is 1. The van der Waals surface area contributed by atoms with Gasteiger partial charge in [-0.15, -0.1) is 11.3 Å². The number of ether oxygens (including phenoxy) is 1. The second kappa shape index (κ2) is 8.24. The molecule has 7 nitrogen and oxygen atoms in total. The standard InChI is InChI=1S/C21H18N4O3S/c1-13-23-18(12-29-13)15-4-3-5-16(10-15)19-24-21(28-25-19)20(26)22-11-14-6-8-17(27-2)9-7-14/h3-10,12H,11H2,1-2H3,(H,22,26). The van der Waals surface area contributed by atoms with Crippen molar-refractivity contribution in [2.75, 3.05) is 7.11 Å². The van der Waals surface area contributed by atoms with Gasteiger partial charge in [-0.05, 0) is 30.7 Å². The maximum atomic E-state index is 12.3. The fourth-order valence-corrected chi connectivity index (χ4v) is 3.37. The van der Waals surface area contributed by atoms with E-state index in [0.29, 0.717) is 12.4 Å². The number of rotatable bonds is 6. The summed E-state index contributed by atoms with van der Waals surface area (Å²) >= 11 is 1.59. The molecule has 0 aliphatic carbocycles. The maximum Gasteiger partial charge on any atom is 0.316 e. The number of nitrogens with zero attached hydrogens (tertiary/aromatic N) is 3. The van der Waals surface area contributed by atoms with Crippen molar-refractivity contribution in [2.24, 2.45) is 0 Å². The Morgan fingerprint density at radius 2 is 1.93 bits per heavy atom. The average Bonchev–Trinajstić information content (AvgIpc) is 3.42. The molecule has 2 aromatic heterocycles. The van der Waals surface area contributed by atoms with Gasteiger partial charge in [0.05, 0.1) is 17.8 Å². The Kier molecular flexibility index (Phi) is 5.35. The van der Waals surface area contributed by atoms with E-state index in [1.54, 1.807) is 18.4 Å². The van der Waals surface area contributed by atoms with E-state index in [1.807, 2.05) is 60.8 Å². The Bertz CT molecular complexity index is 1130. The van der Waals surface area contributed by atoms with Gasteiger partial charge in [0, 0.05) is 23.1 Å². The SMILES string of the molecule is COc1ccc(CNC(=O)c2nc(-c3cccc(-c4csc(C)n4)c3)no2)cc1. The normalized spacial score (nSPS) is 10.7. The zero-order valence-electron chi connectivity index (χ0n) is 15.9. The minimum Gasteiger partial charge on any atom is -0.497 e. The van der Waals surface area contributed by atoms with Crippen molar-refractivity contribution >= 4 is 17.2 Å². The van der Waals surface area contributed by atoms with Crippen LogP contribution < -0.4 is 10.1 Å². The van der Waals surface area contributed by atoms with E-state index >= 15 is 0 Å². The number of carbonyl (C=O) groups is 1. The molecular weight excluding hydrogens is 388 g/mol. The first-order chi connectivity index (χ1) is 14.1. The van der Waals surface area contributed by atoms with Crippen LogP contribution >= 0.6 is 11.3 Å². The summed E-state index contributed by atoms with van der Waals surface area (Å²) in [5, 5.41) is 9.72. The third kappa shape index (κ3) is 4.33. The number of carbonyl (C=O) groups excluding carboxylic acids is 1. The number of aryl methyl sites for hydroxylation is 1. The van der Waals surface area contributed by atoms with Gasteiger partial charge in [0.2, 0.25) is 5.82 Å². The minimum absolute atomic E-state index is 0.0802. The summed E-state index contributed by atoms with van der Waals surface area (Å²) in [5.41, 5.74) is 3.55. The van der Waals surface area contributed by atoms with Crippen molar-refractivity contribution in [3.05, 3.63) is 70.4 Å². The van der Waals surface area contributed by atoms with Crippen molar-refractivity contribution in [1.29, 1.82) is 0 Å². The lowest BCUT2D eigenvalue weighted by Crippen LogP contribution is -2.23. The Hall–Kier alpha value is -3.52. The third-order valence-electron chi connectivity index (χ3n) is 4.27. The second-order valence-electron chi connectivity index (χ2n) is 6.29. The van der Waals surface area contributed by atoms with Gasteiger partial charge in [-0.2, -0.15) is 4.98 Å². The summed E-state index contributed by atoms with van der Waals surface area (Å²) in [6.07, 6.45) is 0. The number of thiazole rings is 1. The molecule has 0 atom stereocenters. The highest BCUT2D eigenvalue weighted by atomic mass is 32.1. The van der Waals surface area contributed by atoms with Crippen LogP contribution in [0, 0.1) is 6.92 Å². The smallest absolute Gasteiger partial charge is 0.316 e. The van der Waals surface area contributed by atoms with Crippen LogP contribution in [-0.4, -0.2) is 28.1 Å². The molecule has 2 heterocycles. The molecule has 8 heteroatoms. The highest BCUT2D eigenvalue weighted by molar-refractivity contribution is 7.09. The van der Waals surface area contributed by atoms with Crippen molar-refractivity contribution in [3.8, 4) is 28.4 Å². The number of aromatic nitrogens is 3. The van der Waals surface area contributed by atoms with E-state index in [9.17, 15) is 4.79 Å². The van der Waals surface area contributed by atoms with E-state index < -0.39 is 5.91 Å². The van der Waals surface area contributed by atoms with Crippen LogP contribution in [0.5, 0.6) is 5.75 Å². The van der Waals surface area contributed by atoms with Gasteiger partial charge in [0.25, 0.3) is 0 Å². The summed E-state index contributed by atoms with van der Waals surface area (Å²) in [4.78, 5) is 21.1. The van der Waals surface area contributed by atoms with E-state index in [1.165, 1.54) is 0 Å². The number of amides is 1. The van der Waals surface area contributed by atoms with Gasteiger partial charge in [-0.1, -0.05) is 35.5 Å². The zero-order valence-corrected chi connectivity index (χ0v) is 16.7. The van der Waals surface area contributed by atoms with Gasteiger partial charge >= 0.3 is 11.8 Å². The molecule has 4 aromatic rings. The Balaban J connectivity index is 1.45. The lowest BCUT2D eigenvalue weighted by atomic mass is 10.1. The third-order valence-corrected chi connectivity index (χ3v) is 5.04. The molecule has 4 rings (SSSR count). The number of nitrogens with one attached hydrogen (secondary N) is 1. The molecular formula is C21H18N4O3S. The molecule has 0 saturated carbocycles. The summed E-state index contributed by atoms with van der Waals surface area (Å²) in [5.74, 6) is 0.610. The largest absolute Gasteiger partial charge is 0.497 e. The number of methoxy groups -OCH3 is 1. The molecule has 0 spiro atoms. The first-order valence-corrected chi connectivity index (χ1v) is 9.78. The van der Waals surface area contributed by atoms with Crippen LogP contribution in [0.15, 0.2) is 58.4 Å².